The van der Waals surface area contributed by atoms with Crippen molar-refractivity contribution in [1.82, 2.24) is 10.6 Å². The van der Waals surface area contributed by atoms with Gasteiger partial charge in [-0.1, -0.05) is 10.2 Å². The zero-order valence-corrected chi connectivity index (χ0v) is 25.4. The number of azide groups is 2. The van der Waals surface area contributed by atoms with E-state index in [9.17, 15) is 40.7 Å². The molecule has 0 aromatic heterocycles. The SMILES string of the molecule is C[C@@H](O)C1O[C@H](O[C@@H]2C(N=[N+]=[N-])C[C@@H](N=C(NC(=O)OC(C)(C)C)NC(=O)OC(C)(C)C)C(O)C2O)C(N=[N+]=[N-])C(O)[C@@H]1O. The summed E-state index contributed by atoms with van der Waals surface area (Å²) in [5.41, 5.74) is 16.3. The number of nitrogens with zero attached hydrogens (tertiary/aromatic N) is 7. The van der Waals surface area contributed by atoms with Crippen molar-refractivity contribution in [2.45, 2.75) is 133 Å². The van der Waals surface area contributed by atoms with Gasteiger partial charge in [0.25, 0.3) is 0 Å². The van der Waals surface area contributed by atoms with Gasteiger partial charge in [-0.05, 0) is 65.9 Å². The number of aliphatic imine (C=N–C) groups is 1. The smallest absolute Gasteiger partial charge is 0.414 e. The van der Waals surface area contributed by atoms with E-state index in [-0.39, 0.29) is 6.42 Å². The topological polar surface area (TPSA) is 306 Å². The van der Waals surface area contributed by atoms with Crippen LogP contribution in [0.25, 0.3) is 20.9 Å². The van der Waals surface area contributed by atoms with Gasteiger partial charge >= 0.3 is 12.2 Å². The third-order valence-corrected chi connectivity index (χ3v) is 6.23. The van der Waals surface area contributed by atoms with E-state index < -0.39 is 96.5 Å². The van der Waals surface area contributed by atoms with Gasteiger partial charge in [-0.3, -0.25) is 10.6 Å². The maximum absolute atomic E-state index is 12.5. The highest BCUT2D eigenvalue weighted by molar-refractivity contribution is 6.01. The molecular formula is C24H41N9O11. The van der Waals surface area contributed by atoms with Crippen molar-refractivity contribution in [1.29, 1.82) is 0 Å². The molecule has 2 fully saturated rings. The lowest BCUT2D eigenvalue weighted by molar-refractivity contribution is -0.301. The summed E-state index contributed by atoms with van der Waals surface area (Å²) in [6.45, 7) is 10.9. The lowest BCUT2D eigenvalue weighted by atomic mass is 9.84. The van der Waals surface area contributed by atoms with Crippen LogP contribution in [0, 0.1) is 0 Å². The molecule has 2 aliphatic rings. The highest BCUT2D eigenvalue weighted by atomic mass is 16.7. The zero-order chi connectivity index (χ0) is 33.6. The van der Waals surface area contributed by atoms with Gasteiger partial charge in [-0.2, -0.15) is 0 Å². The standard InChI is InChI=1S/C24H41N9O11/c1-9(34)17-16(38)14(36)12(31-33-26)19(41-17)42-18-11(30-32-25)8-10(13(35)15(18)37)27-20(28-21(39)43-23(2,3)4)29-22(40)44-24(5,6)7/h9-19,34-38H,8H2,1-7H3,(H2,27,28,29,39,40)/t9-,10-,11?,12?,13?,14?,15?,16+,17?,18-,19-/m1/s1. The quantitative estimate of drug-likeness (QED) is 0.0694. The molecule has 1 aliphatic heterocycles. The lowest BCUT2D eigenvalue weighted by Gasteiger charge is -2.46. The van der Waals surface area contributed by atoms with Crippen LogP contribution in [0.5, 0.6) is 0 Å². The summed E-state index contributed by atoms with van der Waals surface area (Å²) in [6.07, 6.45) is -15.4. The number of amides is 2. The Labute approximate surface area is 252 Å². The van der Waals surface area contributed by atoms with Gasteiger partial charge in [0.1, 0.15) is 41.7 Å². The first-order valence-corrected chi connectivity index (χ1v) is 13.7. The van der Waals surface area contributed by atoms with E-state index in [1.54, 1.807) is 41.5 Å². The zero-order valence-electron chi connectivity index (χ0n) is 25.4. The monoisotopic (exact) mass is 631 g/mol. The Hall–Kier alpha value is -3.45. The second kappa shape index (κ2) is 15.0. The minimum absolute atomic E-state index is 0.327. The Bertz CT molecular complexity index is 1110. The van der Waals surface area contributed by atoms with E-state index in [1.165, 1.54) is 6.92 Å². The van der Waals surface area contributed by atoms with Crippen LogP contribution in [0.2, 0.25) is 0 Å². The molecule has 0 bridgehead atoms. The fourth-order valence-corrected chi connectivity index (χ4v) is 4.43. The molecule has 2 rings (SSSR count). The summed E-state index contributed by atoms with van der Waals surface area (Å²) < 4.78 is 21.7. The molecule has 7 N–H and O–H groups in total. The minimum atomic E-state index is -1.87. The second-order valence-corrected chi connectivity index (χ2v) is 12.3. The van der Waals surface area contributed by atoms with Gasteiger partial charge in [-0.25, -0.2) is 14.6 Å². The van der Waals surface area contributed by atoms with E-state index >= 15 is 0 Å². The van der Waals surface area contributed by atoms with E-state index in [0.29, 0.717) is 0 Å². The first-order chi connectivity index (χ1) is 20.3. The summed E-state index contributed by atoms with van der Waals surface area (Å²) in [5, 5.41) is 64.4. The summed E-state index contributed by atoms with van der Waals surface area (Å²) in [6, 6.07) is -4.18. The number of alkyl carbamates (subject to hydrolysis) is 2. The average Bonchev–Trinajstić information content (AvgIpc) is 2.86. The molecule has 11 atom stereocenters. The Morgan fingerprint density at radius 3 is 1.84 bits per heavy atom. The molecular weight excluding hydrogens is 590 g/mol. The number of aliphatic hydroxyl groups excluding tert-OH is 5. The van der Waals surface area contributed by atoms with E-state index in [1.807, 2.05) is 0 Å². The first-order valence-electron chi connectivity index (χ1n) is 13.7. The third kappa shape index (κ3) is 10.3. The molecule has 44 heavy (non-hydrogen) atoms. The van der Waals surface area contributed by atoms with Crippen LogP contribution in [0.15, 0.2) is 15.2 Å². The number of nitrogens with one attached hydrogen (secondary N) is 2. The van der Waals surface area contributed by atoms with Crippen molar-refractivity contribution in [3.8, 4) is 0 Å². The number of carbonyl (C=O) groups excluding carboxylic acids is 2. The predicted octanol–water partition coefficient (Wildman–Crippen LogP) is 0.456. The number of carbonyl (C=O) groups is 2. The van der Waals surface area contributed by atoms with Gasteiger partial charge in [0, 0.05) is 9.82 Å². The predicted molar refractivity (Wildman–Crippen MR) is 150 cm³/mol. The van der Waals surface area contributed by atoms with Gasteiger partial charge in [0.2, 0.25) is 5.96 Å². The van der Waals surface area contributed by atoms with Crippen molar-refractivity contribution in [2.75, 3.05) is 0 Å². The molecule has 248 valence electrons. The summed E-state index contributed by atoms with van der Waals surface area (Å²) >= 11 is 0. The molecule has 20 heteroatoms. The van der Waals surface area contributed by atoms with Crippen LogP contribution < -0.4 is 10.6 Å². The molecule has 0 radical (unpaired) electrons. The Morgan fingerprint density at radius 1 is 0.864 bits per heavy atom. The highest BCUT2D eigenvalue weighted by Gasteiger charge is 2.51. The van der Waals surface area contributed by atoms with Crippen LogP contribution in [0.4, 0.5) is 9.59 Å². The Morgan fingerprint density at radius 2 is 1.39 bits per heavy atom. The van der Waals surface area contributed by atoms with Crippen LogP contribution in [-0.2, 0) is 18.9 Å². The Kier molecular flexibility index (Phi) is 12.5. The molecule has 6 unspecified atom stereocenters. The fraction of sp³-hybridized carbons (Fsp3) is 0.875. The molecule has 1 aliphatic carbocycles. The molecule has 1 heterocycles. The van der Waals surface area contributed by atoms with E-state index in [2.05, 4.69) is 35.7 Å². The fourth-order valence-electron chi connectivity index (χ4n) is 4.43. The van der Waals surface area contributed by atoms with Crippen molar-refractivity contribution < 1.29 is 54.1 Å². The first kappa shape index (κ1) is 36.7. The van der Waals surface area contributed by atoms with Crippen molar-refractivity contribution in [3.63, 3.8) is 0 Å². The maximum Gasteiger partial charge on any atom is 0.414 e. The van der Waals surface area contributed by atoms with E-state index in [4.69, 9.17) is 24.5 Å². The number of rotatable bonds is 6. The van der Waals surface area contributed by atoms with Crippen LogP contribution >= 0.6 is 0 Å². The summed E-state index contributed by atoms with van der Waals surface area (Å²) in [5.74, 6) is -0.514. The molecule has 0 spiro atoms. The van der Waals surface area contributed by atoms with Crippen molar-refractivity contribution >= 4 is 18.1 Å². The number of aliphatic hydroxyl groups is 5. The van der Waals surface area contributed by atoms with Gasteiger partial charge in [0.15, 0.2) is 6.29 Å². The van der Waals surface area contributed by atoms with E-state index in [0.717, 1.165) is 0 Å². The number of hydrogen-bond donors (Lipinski definition) is 7. The maximum atomic E-state index is 12.5. The second-order valence-electron chi connectivity index (χ2n) is 12.3. The van der Waals surface area contributed by atoms with Crippen LogP contribution in [0.3, 0.4) is 0 Å². The molecule has 0 aromatic rings. The number of ether oxygens (including phenoxy) is 4. The molecule has 2 amide bonds. The van der Waals surface area contributed by atoms with Gasteiger partial charge in [0.05, 0.1) is 30.4 Å². The largest absolute Gasteiger partial charge is 0.444 e. The van der Waals surface area contributed by atoms with Gasteiger partial charge in [-0.15, -0.1) is 0 Å². The van der Waals surface area contributed by atoms with Crippen molar-refractivity contribution in [3.05, 3.63) is 20.9 Å². The number of guanidine groups is 1. The molecule has 20 nitrogen and oxygen atoms in total. The van der Waals surface area contributed by atoms with Gasteiger partial charge < -0.3 is 44.5 Å². The minimum Gasteiger partial charge on any atom is -0.444 e. The molecule has 0 aromatic carbocycles. The summed E-state index contributed by atoms with van der Waals surface area (Å²) in [4.78, 5) is 34.5. The highest BCUT2D eigenvalue weighted by Crippen LogP contribution is 2.33. The van der Waals surface area contributed by atoms with Crippen LogP contribution in [-0.4, -0.2) is 122 Å². The third-order valence-electron chi connectivity index (χ3n) is 6.23. The normalized spacial score (nSPS) is 33.0. The molecule has 1 saturated carbocycles. The average molecular weight is 632 g/mol. The summed E-state index contributed by atoms with van der Waals surface area (Å²) in [7, 11) is 0. The van der Waals surface area contributed by atoms with Crippen molar-refractivity contribution in [2.24, 2.45) is 15.2 Å². The number of hydrogen-bond acceptors (Lipinski definition) is 14. The molecule has 1 saturated heterocycles. The van der Waals surface area contributed by atoms with Crippen LogP contribution in [0.1, 0.15) is 54.9 Å². The Balaban J connectivity index is 2.41. The lowest BCUT2D eigenvalue weighted by Crippen LogP contribution is -2.63.